The number of amides is 1. The third kappa shape index (κ3) is 5.00. The molecule has 0 spiro atoms. The average molecular weight is 453 g/mol. The van der Waals surface area contributed by atoms with Gasteiger partial charge in [-0.25, -0.2) is 0 Å². The van der Waals surface area contributed by atoms with Crippen LogP contribution >= 0.6 is 11.8 Å². The van der Waals surface area contributed by atoms with E-state index in [1.807, 2.05) is 68.4 Å². The first-order valence-corrected chi connectivity index (χ1v) is 11.6. The number of aryl methyl sites for hydroxylation is 1. The molecule has 0 aliphatic carbocycles. The maximum Gasteiger partial charge on any atom is 0.254 e. The number of dihydropyridines is 1. The van der Waals surface area contributed by atoms with Crippen molar-refractivity contribution in [1.82, 2.24) is 10.3 Å². The number of nitrogens with one attached hydrogen (secondary N) is 2. The molecule has 0 radical (unpaired) electrons. The van der Waals surface area contributed by atoms with Gasteiger partial charge in [-0.2, -0.15) is 5.26 Å². The quantitative estimate of drug-likeness (QED) is 0.505. The number of allylic oxidation sites excluding steroid dienone is 2. The SMILES string of the molecule is CC1=C(C(=O)Nc2ccccc2C)[C@H](c2cccnc2)C(C#N)=C(SCc2ccccc2)N1. The van der Waals surface area contributed by atoms with Gasteiger partial charge in [0.15, 0.2) is 0 Å². The van der Waals surface area contributed by atoms with Gasteiger partial charge in [-0.05, 0) is 42.7 Å². The van der Waals surface area contributed by atoms with Crippen LogP contribution in [0, 0.1) is 18.3 Å². The molecule has 0 unspecified atom stereocenters. The third-order valence-electron chi connectivity index (χ3n) is 5.53. The average Bonchev–Trinajstić information content (AvgIpc) is 2.84. The summed E-state index contributed by atoms with van der Waals surface area (Å²) in [6, 6.07) is 23.9. The molecule has 1 aromatic heterocycles. The van der Waals surface area contributed by atoms with Crippen molar-refractivity contribution in [3.8, 4) is 6.07 Å². The second-order valence-corrected chi connectivity index (χ2v) is 8.77. The number of thioether (sulfide) groups is 1. The number of aromatic nitrogens is 1. The molecule has 1 aliphatic rings. The molecule has 5 nitrogen and oxygen atoms in total. The van der Waals surface area contributed by atoms with Crippen LogP contribution in [0.15, 0.2) is 101 Å². The number of rotatable bonds is 6. The number of anilines is 1. The smallest absolute Gasteiger partial charge is 0.254 e. The summed E-state index contributed by atoms with van der Waals surface area (Å²) in [4.78, 5) is 17.7. The minimum Gasteiger partial charge on any atom is -0.353 e. The van der Waals surface area contributed by atoms with Gasteiger partial charge in [-0.15, -0.1) is 11.8 Å². The molecule has 0 fully saturated rings. The fourth-order valence-electron chi connectivity index (χ4n) is 3.84. The molecule has 1 atom stereocenters. The Morgan fingerprint density at radius 1 is 1.09 bits per heavy atom. The molecule has 2 heterocycles. The Hall–Kier alpha value is -3.82. The zero-order valence-corrected chi connectivity index (χ0v) is 19.3. The molecule has 1 aliphatic heterocycles. The summed E-state index contributed by atoms with van der Waals surface area (Å²) in [5.74, 6) is -0.0261. The summed E-state index contributed by atoms with van der Waals surface area (Å²) in [5.41, 5.74) is 5.46. The van der Waals surface area contributed by atoms with E-state index in [1.165, 1.54) is 0 Å². The molecule has 6 heteroatoms. The molecule has 3 aromatic rings. The Balaban J connectivity index is 1.71. The van der Waals surface area contributed by atoms with Crippen LogP contribution in [0.3, 0.4) is 0 Å². The fraction of sp³-hybridized carbons (Fsp3) is 0.148. The first kappa shape index (κ1) is 22.4. The van der Waals surface area contributed by atoms with Crippen molar-refractivity contribution < 1.29 is 4.79 Å². The van der Waals surface area contributed by atoms with Crippen LogP contribution in [0.1, 0.15) is 29.5 Å². The van der Waals surface area contributed by atoms with Crippen molar-refractivity contribution in [2.75, 3.05) is 5.32 Å². The molecule has 0 bridgehead atoms. The number of pyridine rings is 1. The third-order valence-corrected chi connectivity index (χ3v) is 6.62. The molecule has 4 rings (SSSR count). The maximum absolute atomic E-state index is 13.5. The normalized spacial score (nSPS) is 15.6. The van der Waals surface area contributed by atoms with Gasteiger partial charge in [0.1, 0.15) is 0 Å². The Labute approximate surface area is 198 Å². The zero-order valence-electron chi connectivity index (χ0n) is 18.5. The molecule has 33 heavy (non-hydrogen) atoms. The van der Waals surface area contributed by atoms with Crippen molar-refractivity contribution in [3.63, 3.8) is 0 Å². The van der Waals surface area contributed by atoms with Gasteiger partial charge >= 0.3 is 0 Å². The van der Waals surface area contributed by atoms with Gasteiger partial charge in [-0.1, -0.05) is 54.6 Å². The second-order valence-electron chi connectivity index (χ2n) is 7.78. The van der Waals surface area contributed by atoms with E-state index in [0.29, 0.717) is 16.9 Å². The van der Waals surface area contributed by atoms with Gasteiger partial charge in [0.05, 0.1) is 22.6 Å². The monoisotopic (exact) mass is 452 g/mol. The van der Waals surface area contributed by atoms with Gasteiger partial charge < -0.3 is 10.6 Å². The summed E-state index contributed by atoms with van der Waals surface area (Å²) in [7, 11) is 0. The molecule has 164 valence electrons. The summed E-state index contributed by atoms with van der Waals surface area (Å²) in [6.45, 7) is 3.83. The predicted octanol–water partition coefficient (Wildman–Crippen LogP) is 5.66. The molecular weight excluding hydrogens is 428 g/mol. The fourth-order valence-corrected chi connectivity index (χ4v) is 4.89. The maximum atomic E-state index is 13.5. The van der Waals surface area contributed by atoms with E-state index in [0.717, 1.165) is 33.1 Å². The lowest BCUT2D eigenvalue weighted by Gasteiger charge is -2.30. The van der Waals surface area contributed by atoms with E-state index in [2.05, 4.69) is 33.8 Å². The molecular formula is C27H24N4OS. The first-order valence-electron chi connectivity index (χ1n) is 10.6. The van der Waals surface area contributed by atoms with Crippen LogP contribution in [-0.2, 0) is 10.5 Å². The van der Waals surface area contributed by atoms with Crippen molar-refractivity contribution >= 4 is 23.4 Å². The van der Waals surface area contributed by atoms with Gasteiger partial charge in [-0.3, -0.25) is 9.78 Å². The summed E-state index contributed by atoms with van der Waals surface area (Å²) in [5, 5.41) is 17.3. The second kappa shape index (κ2) is 10.2. The lowest BCUT2D eigenvalue weighted by Crippen LogP contribution is -2.30. The van der Waals surface area contributed by atoms with E-state index in [4.69, 9.17) is 0 Å². The topological polar surface area (TPSA) is 77.8 Å². The first-order chi connectivity index (χ1) is 16.1. The lowest BCUT2D eigenvalue weighted by atomic mass is 9.82. The number of hydrogen-bond donors (Lipinski definition) is 2. The highest BCUT2D eigenvalue weighted by molar-refractivity contribution is 8.02. The number of carbonyl (C=O) groups excluding carboxylic acids is 1. The molecule has 2 aromatic carbocycles. The summed E-state index contributed by atoms with van der Waals surface area (Å²) in [6.07, 6.45) is 3.41. The van der Waals surface area contributed by atoms with Gasteiger partial charge in [0.25, 0.3) is 5.91 Å². The van der Waals surface area contributed by atoms with Crippen molar-refractivity contribution in [2.45, 2.75) is 25.5 Å². The number of nitrogens with zero attached hydrogens (tertiary/aromatic N) is 2. The number of carbonyl (C=O) groups is 1. The molecule has 1 amide bonds. The van der Waals surface area contributed by atoms with Crippen LogP contribution in [0.5, 0.6) is 0 Å². The minimum atomic E-state index is -0.507. The Kier molecular flexibility index (Phi) is 6.92. The van der Waals surface area contributed by atoms with E-state index < -0.39 is 5.92 Å². The largest absolute Gasteiger partial charge is 0.353 e. The van der Waals surface area contributed by atoms with Crippen LogP contribution in [-0.4, -0.2) is 10.9 Å². The zero-order chi connectivity index (χ0) is 23.2. The van der Waals surface area contributed by atoms with E-state index in [9.17, 15) is 10.1 Å². The van der Waals surface area contributed by atoms with Gasteiger partial charge in [0.2, 0.25) is 0 Å². The summed E-state index contributed by atoms with van der Waals surface area (Å²) < 4.78 is 0. The Morgan fingerprint density at radius 2 is 1.85 bits per heavy atom. The molecule has 0 saturated carbocycles. The molecule has 2 N–H and O–H groups in total. The van der Waals surface area contributed by atoms with E-state index in [1.54, 1.807) is 24.2 Å². The van der Waals surface area contributed by atoms with Crippen molar-refractivity contribution in [2.24, 2.45) is 0 Å². The number of benzene rings is 2. The number of para-hydroxylation sites is 1. The van der Waals surface area contributed by atoms with Crippen LogP contribution < -0.4 is 10.6 Å². The van der Waals surface area contributed by atoms with E-state index >= 15 is 0 Å². The number of hydrogen-bond acceptors (Lipinski definition) is 5. The predicted molar refractivity (Wildman–Crippen MR) is 133 cm³/mol. The Bertz CT molecular complexity index is 1260. The minimum absolute atomic E-state index is 0.233. The highest BCUT2D eigenvalue weighted by atomic mass is 32.2. The highest BCUT2D eigenvalue weighted by Crippen LogP contribution is 2.41. The van der Waals surface area contributed by atoms with Gasteiger partial charge in [0, 0.05) is 35.1 Å². The Morgan fingerprint density at radius 3 is 2.55 bits per heavy atom. The van der Waals surface area contributed by atoms with Crippen LogP contribution in [0.4, 0.5) is 5.69 Å². The standard InChI is InChI=1S/C27H24N4OS/c1-18-9-6-7-13-23(18)31-26(32)24-19(2)30-27(33-17-20-10-4-3-5-11-20)22(15-28)25(24)21-12-8-14-29-16-21/h3-14,16,25,30H,17H2,1-2H3,(H,31,32)/t25-/m1/s1. The summed E-state index contributed by atoms with van der Waals surface area (Å²) >= 11 is 1.57. The van der Waals surface area contributed by atoms with E-state index in [-0.39, 0.29) is 5.91 Å². The van der Waals surface area contributed by atoms with Crippen LogP contribution in [0.25, 0.3) is 0 Å². The molecule has 0 saturated heterocycles. The lowest BCUT2D eigenvalue weighted by molar-refractivity contribution is -0.113. The van der Waals surface area contributed by atoms with Crippen LogP contribution in [0.2, 0.25) is 0 Å². The highest BCUT2D eigenvalue weighted by Gasteiger charge is 2.35. The van der Waals surface area contributed by atoms with Crippen molar-refractivity contribution in [3.05, 3.63) is 118 Å². The van der Waals surface area contributed by atoms with Crippen molar-refractivity contribution in [1.29, 1.82) is 5.26 Å². The number of nitriles is 1.